The molecule has 0 radical (unpaired) electrons. The summed E-state index contributed by atoms with van der Waals surface area (Å²) in [5.41, 5.74) is 30.7. The van der Waals surface area contributed by atoms with Crippen LogP contribution >= 0.6 is 0 Å². The van der Waals surface area contributed by atoms with Gasteiger partial charge in [-0.1, -0.05) is 297 Å². The summed E-state index contributed by atoms with van der Waals surface area (Å²) in [5.74, 6) is 0.928. The van der Waals surface area contributed by atoms with Gasteiger partial charge in [-0.05, 0) is 186 Å². The molecule has 2 heteroatoms. The SMILES string of the molecule is c1ccc(-c2c3ccc(-c4ccc5c(c4)C4(c6ccccc6-c6ccccc64)c4ccccc4C54c5ccccc5-c5ccccc54)cc3c(-c3ccccc3)c3ccc(-c4ccc(-c5ccc6c(c5)nc(-c5ccccc5)n6-c5ccccc5)cc4)cc23)cc1. The van der Waals surface area contributed by atoms with Gasteiger partial charge < -0.3 is 0 Å². The van der Waals surface area contributed by atoms with Crippen molar-refractivity contribution in [3.05, 3.63) is 384 Å². The Balaban J connectivity index is 0.795. The van der Waals surface area contributed by atoms with Crippen LogP contribution in [0.2, 0.25) is 0 Å². The molecular formula is C89H56N2. The van der Waals surface area contributed by atoms with Crippen LogP contribution < -0.4 is 0 Å². The summed E-state index contributed by atoms with van der Waals surface area (Å²) >= 11 is 0. The quantitative estimate of drug-likeness (QED) is 0.145. The number of benzene rings is 15. The van der Waals surface area contributed by atoms with E-state index in [-0.39, 0.29) is 0 Å². The average Bonchev–Trinajstić information content (AvgIpc) is 1.56. The highest BCUT2D eigenvalue weighted by atomic mass is 15.1. The van der Waals surface area contributed by atoms with E-state index in [0.717, 1.165) is 44.8 Å². The van der Waals surface area contributed by atoms with Gasteiger partial charge in [0.25, 0.3) is 0 Å². The number of hydrogen-bond acceptors (Lipinski definition) is 1. The fourth-order valence-corrected chi connectivity index (χ4v) is 16.6. The summed E-state index contributed by atoms with van der Waals surface area (Å²) < 4.78 is 2.27. The number of fused-ring (bicyclic) bond motifs is 19. The summed E-state index contributed by atoms with van der Waals surface area (Å²) in [6, 6.07) is 127. The third-order valence-corrected chi connectivity index (χ3v) is 20.3. The van der Waals surface area contributed by atoms with Gasteiger partial charge in [0.2, 0.25) is 0 Å². The van der Waals surface area contributed by atoms with Gasteiger partial charge in [-0.25, -0.2) is 4.98 Å². The first-order valence-corrected chi connectivity index (χ1v) is 31.7. The predicted octanol–water partition coefficient (Wildman–Crippen LogP) is 22.4. The van der Waals surface area contributed by atoms with E-state index < -0.39 is 10.8 Å². The monoisotopic (exact) mass is 1150 g/mol. The molecule has 0 N–H and O–H groups in total. The zero-order valence-corrected chi connectivity index (χ0v) is 49.7. The van der Waals surface area contributed by atoms with Crippen LogP contribution in [0.5, 0.6) is 0 Å². The van der Waals surface area contributed by atoms with Crippen molar-refractivity contribution in [1.29, 1.82) is 0 Å². The van der Waals surface area contributed by atoms with E-state index in [0.29, 0.717) is 0 Å². The molecule has 0 saturated carbocycles. The number of aromatic nitrogens is 2. The van der Waals surface area contributed by atoms with Crippen LogP contribution in [0.25, 0.3) is 128 Å². The number of imidazole rings is 1. The Bertz CT molecular complexity index is 5530. The van der Waals surface area contributed by atoms with Crippen LogP contribution in [-0.4, -0.2) is 9.55 Å². The van der Waals surface area contributed by atoms with Crippen LogP contribution in [0.4, 0.5) is 0 Å². The van der Waals surface area contributed by atoms with Crippen molar-refractivity contribution in [3.63, 3.8) is 0 Å². The minimum absolute atomic E-state index is 0.555. The second-order valence-corrected chi connectivity index (χ2v) is 24.7. The van der Waals surface area contributed by atoms with E-state index in [2.05, 4.69) is 344 Å². The molecule has 0 unspecified atom stereocenters. The normalized spacial score (nSPS) is 13.5. The Hall–Kier alpha value is -11.7. The van der Waals surface area contributed by atoms with Crippen molar-refractivity contribution in [1.82, 2.24) is 9.55 Å². The van der Waals surface area contributed by atoms with Gasteiger partial charge >= 0.3 is 0 Å². The first-order chi connectivity index (χ1) is 45.1. The topological polar surface area (TPSA) is 17.8 Å². The molecule has 19 rings (SSSR count). The van der Waals surface area contributed by atoms with Gasteiger partial charge in [0.05, 0.1) is 21.9 Å². The summed E-state index contributed by atoms with van der Waals surface area (Å²) in [7, 11) is 0. The average molecular weight is 1150 g/mol. The molecule has 1 heterocycles. The molecule has 0 saturated heterocycles. The molecule has 0 bridgehead atoms. The lowest BCUT2D eigenvalue weighted by Crippen LogP contribution is -2.43. The number of para-hydroxylation sites is 1. The maximum Gasteiger partial charge on any atom is 0.145 e. The lowest BCUT2D eigenvalue weighted by Gasteiger charge is -2.49. The van der Waals surface area contributed by atoms with E-state index in [1.165, 1.54) is 127 Å². The summed E-state index contributed by atoms with van der Waals surface area (Å²) in [5, 5.41) is 4.87. The summed E-state index contributed by atoms with van der Waals surface area (Å²) in [6.07, 6.45) is 0. The fraction of sp³-hybridized carbons (Fsp3) is 0.0225. The van der Waals surface area contributed by atoms with Crippen molar-refractivity contribution < 1.29 is 0 Å². The number of nitrogens with zero attached hydrogens (tertiary/aromatic N) is 2. The highest BCUT2D eigenvalue weighted by molar-refractivity contribution is 6.22. The molecule has 0 amide bonds. The second-order valence-electron chi connectivity index (χ2n) is 24.7. The zero-order valence-electron chi connectivity index (χ0n) is 49.7. The highest BCUT2D eigenvalue weighted by Crippen LogP contribution is 2.68. The molecule has 422 valence electrons. The standard InChI is InChI=1S/C89H56N2/c1-5-23-59(24-6-1)85-72-50-46-63(64-47-51-81-82(55-64)89(77-37-19-15-33-69(77)70-34-16-20-38-78(70)89)80-40-22-21-39-79(80)88(81)75-35-17-13-31-67(75)68-32-14-18-36-76(68)88)54-74(72)86(60-25-7-2-8-26-60)71-49-45-62(53-73(71)85)57-41-43-58(44-42-57)65-48-52-84-83(56-65)90-87(61-27-9-3-10-28-61)91(84)66-29-11-4-12-30-66/h1-56H. The molecule has 2 spiro atoms. The maximum absolute atomic E-state index is 5.28. The van der Waals surface area contributed by atoms with Crippen LogP contribution in [-0.2, 0) is 10.8 Å². The number of rotatable bonds is 7. The molecule has 0 aliphatic heterocycles. The highest BCUT2D eigenvalue weighted by Gasteiger charge is 2.59. The van der Waals surface area contributed by atoms with E-state index >= 15 is 0 Å². The van der Waals surface area contributed by atoms with Crippen molar-refractivity contribution in [2.75, 3.05) is 0 Å². The van der Waals surface area contributed by atoms with E-state index in [1.54, 1.807) is 0 Å². The maximum atomic E-state index is 5.28. The lowest BCUT2D eigenvalue weighted by atomic mass is 9.52. The van der Waals surface area contributed by atoms with Gasteiger partial charge in [0.1, 0.15) is 5.82 Å². The second kappa shape index (κ2) is 19.9. The molecule has 15 aromatic carbocycles. The molecular weight excluding hydrogens is 1100 g/mol. The van der Waals surface area contributed by atoms with Crippen molar-refractivity contribution in [2.45, 2.75) is 10.8 Å². The molecule has 3 aliphatic carbocycles. The van der Waals surface area contributed by atoms with Crippen LogP contribution in [0.1, 0.15) is 44.5 Å². The molecule has 1 aromatic heterocycles. The fourth-order valence-electron chi connectivity index (χ4n) is 16.6. The molecule has 2 nitrogen and oxygen atoms in total. The van der Waals surface area contributed by atoms with E-state index in [1.807, 2.05) is 0 Å². The smallest absolute Gasteiger partial charge is 0.145 e. The van der Waals surface area contributed by atoms with Gasteiger partial charge in [-0.3, -0.25) is 4.57 Å². The Kier molecular flexibility index (Phi) is 11.2. The molecule has 16 aromatic rings. The Morgan fingerprint density at radius 1 is 0.220 bits per heavy atom. The Morgan fingerprint density at radius 2 is 0.560 bits per heavy atom. The third kappa shape index (κ3) is 7.33. The van der Waals surface area contributed by atoms with Crippen LogP contribution in [0, 0.1) is 0 Å². The minimum atomic E-state index is -0.595. The minimum Gasteiger partial charge on any atom is -0.292 e. The van der Waals surface area contributed by atoms with Gasteiger partial charge in [-0.2, -0.15) is 0 Å². The molecule has 0 fully saturated rings. The van der Waals surface area contributed by atoms with Crippen LogP contribution in [0.3, 0.4) is 0 Å². The van der Waals surface area contributed by atoms with Gasteiger partial charge in [-0.15, -0.1) is 0 Å². The van der Waals surface area contributed by atoms with Crippen LogP contribution in [0.15, 0.2) is 340 Å². The molecule has 3 aliphatic rings. The summed E-state index contributed by atoms with van der Waals surface area (Å²) in [4.78, 5) is 5.28. The zero-order chi connectivity index (χ0) is 59.8. The number of hydrogen-bond donors (Lipinski definition) is 0. The van der Waals surface area contributed by atoms with Crippen molar-refractivity contribution in [3.8, 4) is 95.0 Å². The van der Waals surface area contributed by atoms with Gasteiger partial charge in [0.15, 0.2) is 0 Å². The third-order valence-electron chi connectivity index (χ3n) is 20.3. The first kappa shape index (κ1) is 51.3. The van der Waals surface area contributed by atoms with E-state index in [9.17, 15) is 0 Å². The van der Waals surface area contributed by atoms with E-state index in [4.69, 9.17) is 4.98 Å². The first-order valence-electron chi connectivity index (χ1n) is 31.7. The summed E-state index contributed by atoms with van der Waals surface area (Å²) in [6.45, 7) is 0. The van der Waals surface area contributed by atoms with Crippen molar-refractivity contribution >= 4 is 32.6 Å². The molecule has 0 atom stereocenters. The lowest BCUT2D eigenvalue weighted by molar-refractivity contribution is 0.633. The van der Waals surface area contributed by atoms with Gasteiger partial charge in [0, 0.05) is 11.3 Å². The largest absolute Gasteiger partial charge is 0.292 e. The predicted molar refractivity (Wildman–Crippen MR) is 377 cm³/mol. The Labute approximate surface area is 529 Å². The van der Waals surface area contributed by atoms with Crippen molar-refractivity contribution in [2.24, 2.45) is 0 Å². The molecule has 91 heavy (non-hydrogen) atoms. The Morgan fingerprint density at radius 3 is 1.04 bits per heavy atom.